The number of hydrogen-bond donors (Lipinski definition) is 2. The monoisotopic (exact) mass is 324 g/mol. The lowest BCUT2D eigenvalue weighted by molar-refractivity contribution is 0.196. The van der Waals surface area contributed by atoms with Gasteiger partial charge in [-0.05, 0) is 47.0 Å². The van der Waals surface area contributed by atoms with E-state index in [1.807, 2.05) is 21.0 Å². The topological polar surface area (TPSA) is 48.9 Å². The molecule has 1 rings (SSSR count). The lowest BCUT2D eigenvalue weighted by Gasteiger charge is -2.33. The Kier molecular flexibility index (Phi) is 7.29. The van der Waals surface area contributed by atoms with Crippen LogP contribution in [0.15, 0.2) is 29.3 Å². The summed E-state index contributed by atoms with van der Waals surface area (Å²) in [6.07, 6.45) is -0.188. The van der Waals surface area contributed by atoms with Crippen LogP contribution in [0, 0.1) is 5.82 Å². The molecule has 0 aliphatic heterocycles. The third kappa shape index (κ3) is 6.44. The molecule has 6 heteroatoms. The Bertz CT molecular complexity index is 517. The fourth-order valence-electron chi connectivity index (χ4n) is 1.72. The van der Waals surface area contributed by atoms with Crippen LogP contribution < -0.4 is 15.4 Å². The van der Waals surface area contributed by atoms with Gasteiger partial charge in [0.1, 0.15) is 6.10 Å². The lowest BCUT2D eigenvalue weighted by atomic mass is 10.0. The van der Waals surface area contributed by atoms with Crippen LogP contribution in [-0.4, -0.2) is 56.7 Å². The Hall–Kier alpha value is -1.82. The summed E-state index contributed by atoms with van der Waals surface area (Å²) in [4.78, 5) is 6.34. The van der Waals surface area contributed by atoms with E-state index in [1.165, 1.54) is 6.07 Å². The summed E-state index contributed by atoms with van der Waals surface area (Å²) in [6, 6.07) is 6.41. The first-order valence-corrected chi connectivity index (χ1v) is 7.79. The molecule has 0 bridgehead atoms. The van der Waals surface area contributed by atoms with Gasteiger partial charge < -0.3 is 20.3 Å². The molecule has 130 valence electrons. The number of likely N-dealkylation sites (N-methyl/N-ethyl adjacent to an activating group) is 1. The average molecular weight is 324 g/mol. The molecule has 1 aromatic carbocycles. The van der Waals surface area contributed by atoms with E-state index in [0.29, 0.717) is 12.5 Å². The van der Waals surface area contributed by atoms with E-state index in [1.54, 1.807) is 25.2 Å². The fraction of sp³-hybridized carbons (Fsp3) is 0.588. The van der Waals surface area contributed by atoms with Crippen molar-refractivity contribution >= 4 is 5.96 Å². The SMILES string of the molecule is CN=C(NCC(C)Oc1ccccc1F)NCC(C)(C)N(C)C. The van der Waals surface area contributed by atoms with Crippen molar-refractivity contribution in [3.8, 4) is 5.75 Å². The Morgan fingerprint density at radius 2 is 1.96 bits per heavy atom. The first kappa shape index (κ1) is 19.2. The highest BCUT2D eigenvalue weighted by Crippen LogP contribution is 2.16. The maximum atomic E-state index is 13.6. The minimum absolute atomic E-state index is 0.00685. The highest BCUT2D eigenvalue weighted by molar-refractivity contribution is 5.79. The van der Waals surface area contributed by atoms with Gasteiger partial charge in [-0.2, -0.15) is 0 Å². The molecule has 1 aromatic rings. The third-order valence-corrected chi connectivity index (χ3v) is 3.84. The number of aliphatic imine (C=N–C) groups is 1. The van der Waals surface area contributed by atoms with Crippen molar-refractivity contribution in [3.05, 3.63) is 30.1 Å². The first-order chi connectivity index (χ1) is 10.8. The van der Waals surface area contributed by atoms with Crippen LogP contribution in [0.2, 0.25) is 0 Å². The van der Waals surface area contributed by atoms with Crippen LogP contribution in [0.25, 0.3) is 0 Å². The van der Waals surface area contributed by atoms with E-state index < -0.39 is 0 Å². The molecular formula is C17H29FN4O. The van der Waals surface area contributed by atoms with Gasteiger partial charge in [-0.3, -0.25) is 4.99 Å². The van der Waals surface area contributed by atoms with Crippen LogP contribution >= 0.6 is 0 Å². The van der Waals surface area contributed by atoms with Gasteiger partial charge >= 0.3 is 0 Å². The molecule has 0 aliphatic carbocycles. The third-order valence-electron chi connectivity index (χ3n) is 3.84. The molecule has 0 aliphatic rings. The Balaban J connectivity index is 2.44. The van der Waals surface area contributed by atoms with Crippen molar-refractivity contribution in [2.45, 2.75) is 32.4 Å². The number of para-hydroxylation sites is 1. The predicted octanol–water partition coefficient (Wildman–Crippen LogP) is 2.10. The average Bonchev–Trinajstić information content (AvgIpc) is 2.49. The molecule has 0 saturated carbocycles. The van der Waals surface area contributed by atoms with E-state index in [-0.39, 0.29) is 23.2 Å². The van der Waals surface area contributed by atoms with E-state index in [0.717, 1.165) is 6.54 Å². The van der Waals surface area contributed by atoms with Crippen molar-refractivity contribution in [3.63, 3.8) is 0 Å². The van der Waals surface area contributed by atoms with Gasteiger partial charge in [0.2, 0.25) is 0 Å². The van der Waals surface area contributed by atoms with E-state index in [4.69, 9.17) is 4.74 Å². The smallest absolute Gasteiger partial charge is 0.191 e. The largest absolute Gasteiger partial charge is 0.486 e. The Labute approximate surface area is 138 Å². The van der Waals surface area contributed by atoms with Crippen molar-refractivity contribution in [1.82, 2.24) is 15.5 Å². The van der Waals surface area contributed by atoms with Crippen molar-refractivity contribution < 1.29 is 9.13 Å². The zero-order valence-corrected chi connectivity index (χ0v) is 15.0. The van der Waals surface area contributed by atoms with Crippen molar-refractivity contribution in [2.75, 3.05) is 34.2 Å². The maximum Gasteiger partial charge on any atom is 0.191 e. The molecule has 0 aromatic heterocycles. The van der Waals surface area contributed by atoms with Gasteiger partial charge in [-0.15, -0.1) is 0 Å². The number of hydrogen-bond acceptors (Lipinski definition) is 3. The van der Waals surface area contributed by atoms with Gasteiger partial charge in [0, 0.05) is 19.1 Å². The van der Waals surface area contributed by atoms with Crippen LogP contribution in [0.5, 0.6) is 5.75 Å². The molecule has 0 radical (unpaired) electrons. The predicted molar refractivity (Wildman–Crippen MR) is 93.6 cm³/mol. The number of guanidine groups is 1. The molecule has 2 N–H and O–H groups in total. The number of rotatable bonds is 7. The Morgan fingerprint density at radius 1 is 1.30 bits per heavy atom. The Morgan fingerprint density at radius 3 is 2.52 bits per heavy atom. The second-order valence-corrected chi connectivity index (χ2v) is 6.37. The first-order valence-electron chi connectivity index (χ1n) is 7.79. The summed E-state index contributed by atoms with van der Waals surface area (Å²) in [5.74, 6) is 0.608. The molecule has 1 atom stereocenters. The quantitative estimate of drug-likeness (QED) is 0.596. The standard InChI is InChI=1S/C17H29FN4O/c1-13(23-15-10-8-7-9-14(15)18)11-20-16(19-4)21-12-17(2,3)22(5)6/h7-10,13H,11-12H2,1-6H3,(H2,19,20,21). The number of benzene rings is 1. The summed E-state index contributed by atoms with van der Waals surface area (Å²) in [7, 11) is 5.81. The summed E-state index contributed by atoms with van der Waals surface area (Å²) < 4.78 is 19.2. The molecule has 0 amide bonds. The molecule has 5 nitrogen and oxygen atoms in total. The van der Waals surface area contributed by atoms with E-state index in [2.05, 4.69) is 34.4 Å². The number of nitrogens with zero attached hydrogens (tertiary/aromatic N) is 2. The zero-order valence-electron chi connectivity index (χ0n) is 15.0. The van der Waals surface area contributed by atoms with Gasteiger partial charge in [-0.1, -0.05) is 12.1 Å². The van der Waals surface area contributed by atoms with Gasteiger partial charge in [-0.25, -0.2) is 4.39 Å². The van der Waals surface area contributed by atoms with Gasteiger partial charge in [0.15, 0.2) is 17.5 Å². The van der Waals surface area contributed by atoms with Gasteiger partial charge in [0.05, 0.1) is 6.54 Å². The molecule has 0 heterocycles. The molecule has 0 fully saturated rings. The summed E-state index contributed by atoms with van der Waals surface area (Å²) in [6.45, 7) is 7.46. The zero-order chi connectivity index (χ0) is 17.5. The van der Waals surface area contributed by atoms with Crippen LogP contribution in [0.4, 0.5) is 4.39 Å². The van der Waals surface area contributed by atoms with Gasteiger partial charge in [0.25, 0.3) is 0 Å². The van der Waals surface area contributed by atoms with E-state index >= 15 is 0 Å². The highest BCUT2D eigenvalue weighted by Gasteiger charge is 2.20. The van der Waals surface area contributed by atoms with Crippen LogP contribution in [0.1, 0.15) is 20.8 Å². The number of halogens is 1. The lowest BCUT2D eigenvalue weighted by Crippen LogP contribution is -2.51. The molecule has 0 saturated heterocycles. The molecule has 0 spiro atoms. The van der Waals surface area contributed by atoms with Crippen LogP contribution in [-0.2, 0) is 0 Å². The number of ether oxygens (including phenoxy) is 1. The summed E-state index contributed by atoms with van der Waals surface area (Å²) in [5, 5.41) is 6.48. The molecule has 23 heavy (non-hydrogen) atoms. The minimum Gasteiger partial charge on any atom is -0.486 e. The summed E-state index contributed by atoms with van der Waals surface area (Å²) in [5.41, 5.74) is 0.00685. The van der Waals surface area contributed by atoms with Crippen LogP contribution in [0.3, 0.4) is 0 Å². The fourth-order valence-corrected chi connectivity index (χ4v) is 1.72. The second kappa shape index (κ2) is 8.72. The second-order valence-electron chi connectivity index (χ2n) is 6.37. The molecule has 1 unspecified atom stereocenters. The normalized spacial score (nSPS) is 13.8. The highest BCUT2D eigenvalue weighted by atomic mass is 19.1. The van der Waals surface area contributed by atoms with Crippen molar-refractivity contribution in [1.29, 1.82) is 0 Å². The maximum absolute atomic E-state index is 13.6. The number of nitrogens with one attached hydrogen (secondary N) is 2. The summed E-state index contributed by atoms with van der Waals surface area (Å²) >= 11 is 0. The van der Waals surface area contributed by atoms with Crippen molar-refractivity contribution in [2.24, 2.45) is 4.99 Å². The van der Waals surface area contributed by atoms with E-state index in [9.17, 15) is 4.39 Å². The minimum atomic E-state index is -0.352. The molecular weight excluding hydrogens is 295 g/mol.